The highest BCUT2D eigenvalue weighted by Crippen LogP contribution is 2.12. The lowest BCUT2D eigenvalue weighted by molar-refractivity contribution is -0.117. The highest BCUT2D eigenvalue weighted by atomic mass is 16.2. The molecular formula is C16H20N4O2. The fourth-order valence-electron chi connectivity index (χ4n) is 1.86. The molecule has 0 aliphatic heterocycles. The van der Waals surface area contributed by atoms with E-state index in [0.29, 0.717) is 5.69 Å². The minimum Gasteiger partial charge on any atom is -0.339 e. The van der Waals surface area contributed by atoms with E-state index in [0.717, 1.165) is 5.69 Å². The molecule has 0 saturated heterocycles. The van der Waals surface area contributed by atoms with Gasteiger partial charge in [0.1, 0.15) is 11.7 Å². The molecule has 1 aromatic carbocycles. The SMILES string of the molecule is CC(NC(=O)c1cc(C(C)C)[nH]n1)C(=O)Nc1ccccc1. The van der Waals surface area contributed by atoms with Crippen molar-refractivity contribution in [1.82, 2.24) is 15.5 Å². The number of carbonyl (C=O) groups is 2. The monoisotopic (exact) mass is 300 g/mol. The van der Waals surface area contributed by atoms with Gasteiger partial charge in [-0.05, 0) is 31.0 Å². The Morgan fingerprint density at radius 3 is 2.41 bits per heavy atom. The van der Waals surface area contributed by atoms with Gasteiger partial charge >= 0.3 is 0 Å². The first-order chi connectivity index (χ1) is 10.5. The molecule has 3 N–H and O–H groups in total. The molecule has 0 bridgehead atoms. The smallest absolute Gasteiger partial charge is 0.272 e. The van der Waals surface area contributed by atoms with Gasteiger partial charge in [0.15, 0.2) is 0 Å². The van der Waals surface area contributed by atoms with Crippen LogP contribution < -0.4 is 10.6 Å². The molecule has 116 valence electrons. The van der Waals surface area contributed by atoms with Crippen LogP contribution in [0.3, 0.4) is 0 Å². The van der Waals surface area contributed by atoms with Crippen molar-refractivity contribution in [2.75, 3.05) is 5.32 Å². The summed E-state index contributed by atoms with van der Waals surface area (Å²) in [5.41, 5.74) is 1.85. The molecule has 6 nitrogen and oxygen atoms in total. The van der Waals surface area contributed by atoms with Crippen LogP contribution >= 0.6 is 0 Å². The number of aromatic nitrogens is 2. The van der Waals surface area contributed by atoms with Gasteiger partial charge in [0.2, 0.25) is 5.91 Å². The zero-order valence-electron chi connectivity index (χ0n) is 12.9. The van der Waals surface area contributed by atoms with Crippen LogP contribution in [-0.2, 0) is 4.79 Å². The van der Waals surface area contributed by atoms with E-state index in [9.17, 15) is 9.59 Å². The van der Waals surface area contributed by atoms with Crippen molar-refractivity contribution in [3.8, 4) is 0 Å². The summed E-state index contributed by atoms with van der Waals surface area (Å²) >= 11 is 0. The van der Waals surface area contributed by atoms with Crippen LogP contribution in [0.1, 0.15) is 42.9 Å². The van der Waals surface area contributed by atoms with Crippen LogP contribution in [0, 0.1) is 0 Å². The number of rotatable bonds is 5. The number of hydrogen-bond acceptors (Lipinski definition) is 3. The zero-order valence-corrected chi connectivity index (χ0v) is 12.9. The Hall–Kier alpha value is -2.63. The molecule has 2 rings (SSSR count). The molecule has 0 fully saturated rings. The van der Waals surface area contributed by atoms with E-state index in [2.05, 4.69) is 20.8 Å². The minimum atomic E-state index is -0.660. The third-order valence-corrected chi connectivity index (χ3v) is 3.23. The third-order valence-electron chi connectivity index (χ3n) is 3.23. The quantitative estimate of drug-likeness (QED) is 0.791. The molecule has 2 amide bonds. The summed E-state index contributed by atoms with van der Waals surface area (Å²) in [4.78, 5) is 24.1. The van der Waals surface area contributed by atoms with Gasteiger partial charge in [-0.1, -0.05) is 32.0 Å². The lowest BCUT2D eigenvalue weighted by Crippen LogP contribution is -2.41. The van der Waals surface area contributed by atoms with Crippen molar-refractivity contribution in [3.05, 3.63) is 47.8 Å². The maximum Gasteiger partial charge on any atom is 0.272 e. The van der Waals surface area contributed by atoms with Crippen LogP contribution in [0.4, 0.5) is 5.69 Å². The molecule has 0 radical (unpaired) electrons. The second-order valence-corrected chi connectivity index (χ2v) is 5.41. The van der Waals surface area contributed by atoms with Gasteiger partial charge in [-0.15, -0.1) is 0 Å². The first-order valence-corrected chi connectivity index (χ1v) is 7.19. The Morgan fingerprint density at radius 2 is 1.82 bits per heavy atom. The van der Waals surface area contributed by atoms with Gasteiger partial charge in [-0.25, -0.2) is 0 Å². The Kier molecular flexibility index (Phi) is 4.93. The number of anilines is 1. The van der Waals surface area contributed by atoms with Crippen molar-refractivity contribution >= 4 is 17.5 Å². The minimum absolute atomic E-state index is 0.257. The molecule has 1 atom stereocenters. The second-order valence-electron chi connectivity index (χ2n) is 5.41. The average molecular weight is 300 g/mol. The number of H-pyrrole nitrogens is 1. The van der Waals surface area contributed by atoms with Gasteiger partial charge < -0.3 is 10.6 Å². The van der Waals surface area contributed by atoms with Crippen LogP contribution in [0.2, 0.25) is 0 Å². The Labute approximate surface area is 129 Å². The number of hydrogen-bond donors (Lipinski definition) is 3. The largest absolute Gasteiger partial charge is 0.339 e. The van der Waals surface area contributed by atoms with E-state index in [-0.39, 0.29) is 23.4 Å². The molecule has 6 heteroatoms. The van der Waals surface area contributed by atoms with Gasteiger partial charge in [0, 0.05) is 11.4 Å². The highest BCUT2D eigenvalue weighted by Gasteiger charge is 2.19. The van der Waals surface area contributed by atoms with E-state index in [1.807, 2.05) is 32.0 Å². The molecule has 0 aliphatic carbocycles. The maximum atomic E-state index is 12.1. The topological polar surface area (TPSA) is 86.9 Å². The van der Waals surface area contributed by atoms with Gasteiger partial charge in [-0.2, -0.15) is 5.10 Å². The second kappa shape index (κ2) is 6.89. The van der Waals surface area contributed by atoms with Crippen LogP contribution in [0.15, 0.2) is 36.4 Å². The summed E-state index contributed by atoms with van der Waals surface area (Å²) in [6.07, 6.45) is 0. The molecule has 0 aliphatic rings. The molecule has 2 aromatic rings. The van der Waals surface area contributed by atoms with Gasteiger partial charge in [-0.3, -0.25) is 14.7 Å². The van der Waals surface area contributed by atoms with Crippen molar-refractivity contribution < 1.29 is 9.59 Å². The molecule has 0 saturated carbocycles. The zero-order chi connectivity index (χ0) is 16.1. The van der Waals surface area contributed by atoms with Crippen molar-refractivity contribution in [2.24, 2.45) is 0 Å². The van der Waals surface area contributed by atoms with Gasteiger partial charge in [0.05, 0.1) is 0 Å². The highest BCUT2D eigenvalue weighted by molar-refractivity contribution is 6.00. The molecule has 1 heterocycles. The summed E-state index contributed by atoms with van der Waals surface area (Å²) < 4.78 is 0. The summed E-state index contributed by atoms with van der Waals surface area (Å²) in [6.45, 7) is 5.64. The number of carbonyl (C=O) groups excluding carboxylic acids is 2. The molecule has 22 heavy (non-hydrogen) atoms. The number of nitrogens with zero attached hydrogens (tertiary/aromatic N) is 1. The third kappa shape index (κ3) is 3.94. The van der Waals surface area contributed by atoms with Crippen LogP contribution in [0.25, 0.3) is 0 Å². The van der Waals surface area contributed by atoms with E-state index in [1.54, 1.807) is 25.1 Å². The summed E-state index contributed by atoms with van der Waals surface area (Å²) in [5.74, 6) is -0.397. The van der Waals surface area contributed by atoms with Gasteiger partial charge in [0.25, 0.3) is 5.91 Å². The molecule has 1 aromatic heterocycles. The maximum absolute atomic E-state index is 12.1. The Bertz CT molecular complexity index is 649. The normalized spacial score (nSPS) is 12.0. The fourth-order valence-corrected chi connectivity index (χ4v) is 1.86. The standard InChI is InChI=1S/C16H20N4O2/c1-10(2)13-9-14(20-19-13)16(22)17-11(3)15(21)18-12-7-5-4-6-8-12/h4-11H,1-3H3,(H,17,22)(H,18,21)(H,19,20). The predicted molar refractivity (Wildman–Crippen MR) is 84.7 cm³/mol. The first-order valence-electron chi connectivity index (χ1n) is 7.19. The predicted octanol–water partition coefficient (Wildman–Crippen LogP) is 2.29. The van der Waals surface area contributed by atoms with Crippen molar-refractivity contribution in [1.29, 1.82) is 0 Å². The summed E-state index contributed by atoms with van der Waals surface area (Å²) in [7, 11) is 0. The molecular weight excluding hydrogens is 280 g/mol. The van der Waals surface area contributed by atoms with E-state index in [4.69, 9.17) is 0 Å². The fraction of sp³-hybridized carbons (Fsp3) is 0.312. The number of benzene rings is 1. The van der Waals surface area contributed by atoms with E-state index in [1.165, 1.54) is 0 Å². The summed E-state index contributed by atoms with van der Waals surface area (Å²) in [5, 5.41) is 12.2. The average Bonchev–Trinajstić information content (AvgIpc) is 2.98. The van der Waals surface area contributed by atoms with Crippen LogP contribution in [-0.4, -0.2) is 28.1 Å². The lowest BCUT2D eigenvalue weighted by Gasteiger charge is -2.13. The number of para-hydroxylation sites is 1. The Balaban J connectivity index is 1.94. The van der Waals surface area contributed by atoms with E-state index >= 15 is 0 Å². The number of amides is 2. The summed E-state index contributed by atoms with van der Waals surface area (Å²) in [6, 6.07) is 10.1. The lowest BCUT2D eigenvalue weighted by atomic mass is 10.1. The number of aromatic amines is 1. The first kappa shape index (κ1) is 15.8. The molecule has 1 unspecified atom stereocenters. The van der Waals surface area contributed by atoms with Crippen molar-refractivity contribution in [2.45, 2.75) is 32.7 Å². The van der Waals surface area contributed by atoms with Crippen molar-refractivity contribution in [3.63, 3.8) is 0 Å². The Morgan fingerprint density at radius 1 is 1.14 bits per heavy atom. The number of nitrogens with one attached hydrogen (secondary N) is 3. The van der Waals surface area contributed by atoms with Crippen LogP contribution in [0.5, 0.6) is 0 Å². The molecule has 0 spiro atoms. The van der Waals surface area contributed by atoms with E-state index < -0.39 is 6.04 Å².